The van der Waals surface area contributed by atoms with Crippen LogP contribution < -0.4 is 14.2 Å². The van der Waals surface area contributed by atoms with Crippen molar-refractivity contribution in [2.45, 2.75) is 30.7 Å². The molecule has 3 rings (SSSR count). The van der Waals surface area contributed by atoms with Gasteiger partial charge in [0.15, 0.2) is 11.5 Å². The number of aryl methyl sites for hydroxylation is 1. The van der Waals surface area contributed by atoms with Gasteiger partial charge >= 0.3 is 0 Å². The summed E-state index contributed by atoms with van der Waals surface area (Å²) in [6.45, 7) is 2.40. The predicted octanol–water partition coefficient (Wildman–Crippen LogP) is 2.02. The monoisotopic (exact) mass is 420 g/mol. The van der Waals surface area contributed by atoms with Crippen LogP contribution in [0.3, 0.4) is 0 Å². The Morgan fingerprint density at radius 1 is 1.17 bits per heavy atom. The lowest BCUT2D eigenvalue weighted by atomic mass is 9.89. The molecule has 154 valence electrons. The first-order valence-electron chi connectivity index (χ1n) is 8.78. The van der Waals surface area contributed by atoms with E-state index in [9.17, 15) is 23.3 Å². The Morgan fingerprint density at radius 2 is 1.83 bits per heavy atom. The number of carbonyl (C=O) groups is 1. The van der Waals surface area contributed by atoms with E-state index in [-0.39, 0.29) is 11.7 Å². The molecule has 0 bridgehead atoms. The van der Waals surface area contributed by atoms with Gasteiger partial charge in [0.2, 0.25) is 23.4 Å². The molecule has 2 aromatic carbocycles. The Kier molecular flexibility index (Phi) is 5.85. The summed E-state index contributed by atoms with van der Waals surface area (Å²) in [7, 11) is -4.07. The van der Waals surface area contributed by atoms with Gasteiger partial charge < -0.3 is 9.47 Å². The van der Waals surface area contributed by atoms with Crippen LogP contribution in [0.1, 0.15) is 24.0 Å². The van der Waals surface area contributed by atoms with Crippen LogP contribution in [0.5, 0.6) is 11.5 Å². The van der Waals surface area contributed by atoms with Gasteiger partial charge in [-0.1, -0.05) is 23.8 Å². The standard InChI is InChI=1S/C19H20N2O7S/c1-12-3-6-15(7-4-12)29(25,26)20-19(13(2)22)16(10-21(23)24)14-5-8-17-18(9-14)28-11-27-17/h3-9,16,19-20H,10-11H2,1-2H3/t16-,19+/m0/s1. The van der Waals surface area contributed by atoms with Crippen LogP contribution in [-0.4, -0.2) is 38.5 Å². The number of hydrogen-bond donors (Lipinski definition) is 1. The fourth-order valence-electron chi connectivity index (χ4n) is 3.11. The average Bonchev–Trinajstić information content (AvgIpc) is 3.12. The van der Waals surface area contributed by atoms with Crippen molar-refractivity contribution < 1.29 is 27.6 Å². The summed E-state index contributed by atoms with van der Waals surface area (Å²) in [5, 5.41) is 11.3. The Labute approximate surface area is 167 Å². The van der Waals surface area contributed by atoms with Crippen LogP contribution in [0.2, 0.25) is 0 Å². The fourth-order valence-corrected chi connectivity index (χ4v) is 4.40. The summed E-state index contributed by atoms with van der Waals surface area (Å²) in [4.78, 5) is 23.0. The van der Waals surface area contributed by atoms with Gasteiger partial charge in [-0.3, -0.25) is 14.9 Å². The minimum absolute atomic E-state index is 0.0227. The van der Waals surface area contributed by atoms with Gasteiger partial charge in [-0.15, -0.1) is 0 Å². The second-order valence-corrected chi connectivity index (χ2v) is 8.47. The number of fused-ring (bicyclic) bond motifs is 1. The molecular formula is C19H20N2O7S. The zero-order chi connectivity index (χ0) is 21.2. The lowest BCUT2D eigenvalue weighted by molar-refractivity contribution is -0.483. The van der Waals surface area contributed by atoms with Crippen LogP contribution >= 0.6 is 0 Å². The molecule has 2 atom stereocenters. The first-order valence-corrected chi connectivity index (χ1v) is 10.3. The van der Waals surface area contributed by atoms with E-state index in [4.69, 9.17) is 9.47 Å². The molecule has 1 N–H and O–H groups in total. The molecule has 0 aliphatic carbocycles. The summed E-state index contributed by atoms with van der Waals surface area (Å²) < 4.78 is 38.5. The van der Waals surface area contributed by atoms with Crippen LogP contribution in [0.4, 0.5) is 0 Å². The van der Waals surface area contributed by atoms with E-state index in [1.165, 1.54) is 25.1 Å². The Bertz CT molecular complexity index is 1040. The predicted molar refractivity (Wildman–Crippen MR) is 103 cm³/mol. The van der Waals surface area contributed by atoms with E-state index in [2.05, 4.69) is 4.72 Å². The SMILES string of the molecule is CC(=O)[C@@H](NS(=O)(=O)c1ccc(C)cc1)[C@@H](C[N+](=O)[O-])c1ccc2c(c1)OCO2. The number of nitro groups is 1. The van der Waals surface area contributed by atoms with Crippen molar-refractivity contribution >= 4 is 15.8 Å². The maximum Gasteiger partial charge on any atom is 0.241 e. The third-order valence-electron chi connectivity index (χ3n) is 4.62. The molecule has 29 heavy (non-hydrogen) atoms. The normalized spacial score (nSPS) is 15.0. The van der Waals surface area contributed by atoms with Crippen molar-refractivity contribution in [1.82, 2.24) is 4.72 Å². The molecule has 10 heteroatoms. The third-order valence-corrected chi connectivity index (χ3v) is 6.08. The highest BCUT2D eigenvalue weighted by Gasteiger charge is 2.35. The highest BCUT2D eigenvalue weighted by Crippen LogP contribution is 2.36. The number of carbonyl (C=O) groups excluding carboxylic acids is 1. The third kappa shape index (κ3) is 4.72. The number of rotatable bonds is 8. The van der Waals surface area contributed by atoms with Crippen molar-refractivity contribution in [3.63, 3.8) is 0 Å². The van der Waals surface area contributed by atoms with Gasteiger partial charge in [0, 0.05) is 4.92 Å². The zero-order valence-electron chi connectivity index (χ0n) is 15.8. The van der Waals surface area contributed by atoms with Crippen LogP contribution in [0.15, 0.2) is 47.4 Å². The second-order valence-electron chi connectivity index (χ2n) is 6.76. The first kappa shape index (κ1) is 20.7. The van der Waals surface area contributed by atoms with Crippen molar-refractivity contribution in [2.24, 2.45) is 0 Å². The van der Waals surface area contributed by atoms with E-state index in [1.54, 1.807) is 24.3 Å². The number of benzene rings is 2. The first-order chi connectivity index (χ1) is 13.7. The van der Waals surface area contributed by atoms with Crippen LogP contribution in [0, 0.1) is 17.0 Å². The van der Waals surface area contributed by atoms with Crippen molar-refractivity contribution in [2.75, 3.05) is 13.3 Å². The minimum Gasteiger partial charge on any atom is -0.454 e. The number of hydrogen-bond acceptors (Lipinski definition) is 7. The van der Waals surface area contributed by atoms with Gasteiger partial charge in [0.05, 0.1) is 16.9 Å². The van der Waals surface area contributed by atoms with Gasteiger partial charge in [0.25, 0.3) is 0 Å². The molecule has 0 spiro atoms. The molecule has 0 radical (unpaired) electrons. The van der Waals surface area contributed by atoms with Gasteiger partial charge in [-0.05, 0) is 43.7 Å². The molecule has 1 aliphatic rings. The number of ether oxygens (including phenoxy) is 2. The van der Waals surface area contributed by atoms with E-state index in [0.717, 1.165) is 5.56 Å². The Morgan fingerprint density at radius 3 is 2.45 bits per heavy atom. The van der Waals surface area contributed by atoms with E-state index < -0.39 is 39.2 Å². The zero-order valence-corrected chi connectivity index (χ0v) is 16.6. The average molecular weight is 420 g/mol. The topological polar surface area (TPSA) is 125 Å². The quantitative estimate of drug-likeness (QED) is 0.511. The molecule has 0 saturated carbocycles. The summed E-state index contributed by atoms with van der Waals surface area (Å²) in [6, 6.07) is 9.44. The smallest absolute Gasteiger partial charge is 0.241 e. The highest BCUT2D eigenvalue weighted by molar-refractivity contribution is 7.89. The van der Waals surface area contributed by atoms with E-state index in [1.807, 2.05) is 6.92 Å². The molecule has 0 unspecified atom stereocenters. The summed E-state index contributed by atoms with van der Waals surface area (Å²) in [5.41, 5.74) is 1.27. The van der Waals surface area contributed by atoms with Crippen LogP contribution in [-0.2, 0) is 14.8 Å². The molecule has 0 aromatic heterocycles. The molecule has 0 fully saturated rings. The summed E-state index contributed by atoms with van der Waals surface area (Å²) >= 11 is 0. The van der Waals surface area contributed by atoms with Gasteiger partial charge in [-0.25, -0.2) is 8.42 Å². The van der Waals surface area contributed by atoms with Gasteiger partial charge in [0.1, 0.15) is 5.78 Å². The maximum absolute atomic E-state index is 12.8. The molecular weight excluding hydrogens is 400 g/mol. The molecule has 1 heterocycles. The lowest BCUT2D eigenvalue weighted by Gasteiger charge is -2.24. The highest BCUT2D eigenvalue weighted by atomic mass is 32.2. The van der Waals surface area contributed by atoms with E-state index in [0.29, 0.717) is 17.1 Å². The number of nitrogens with zero attached hydrogens (tertiary/aromatic N) is 1. The van der Waals surface area contributed by atoms with Crippen molar-refractivity contribution in [1.29, 1.82) is 0 Å². The number of Topliss-reactive ketones (excluding diaryl/α,β-unsaturated/α-hetero) is 1. The van der Waals surface area contributed by atoms with Crippen LogP contribution in [0.25, 0.3) is 0 Å². The fraction of sp³-hybridized carbons (Fsp3) is 0.316. The summed E-state index contributed by atoms with van der Waals surface area (Å²) in [5.74, 6) is -0.699. The second kappa shape index (κ2) is 8.18. The lowest BCUT2D eigenvalue weighted by Crippen LogP contribution is -2.45. The number of ketones is 1. The largest absolute Gasteiger partial charge is 0.454 e. The molecule has 2 aromatic rings. The minimum atomic E-state index is -4.07. The molecule has 1 aliphatic heterocycles. The van der Waals surface area contributed by atoms with Gasteiger partial charge in [-0.2, -0.15) is 4.72 Å². The number of sulfonamides is 1. The Balaban J connectivity index is 1.97. The number of nitrogens with one attached hydrogen (secondary N) is 1. The van der Waals surface area contributed by atoms with E-state index >= 15 is 0 Å². The molecule has 0 saturated heterocycles. The van der Waals surface area contributed by atoms with Crippen molar-refractivity contribution in [3.05, 3.63) is 63.7 Å². The van der Waals surface area contributed by atoms with Crippen molar-refractivity contribution in [3.8, 4) is 11.5 Å². The summed E-state index contributed by atoms with van der Waals surface area (Å²) in [6.07, 6.45) is 0. The molecule has 9 nitrogen and oxygen atoms in total. The molecule has 0 amide bonds. The Hall–Kier alpha value is -2.98. The maximum atomic E-state index is 12.8.